The highest BCUT2D eigenvalue weighted by atomic mass is 127. The lowest BCUT2D eigenvalue weighted by atomic mass is 9.76. The lowest BCUT2D eigenvalue weighted by Gasteiger charge is -2.39. The second kappa shape index (κ2) is 7.31. The Morgan fingerprint density at radius 2 is 1.04 bits per heavy atom. The third-order valence-electron chi connectivity index (χ3n) is 5.21. The van der Waals surface area contributed by atoms with Gasteiger partial charge in [-0.1, -0.05) is 91.0 Å². The van der Waals surface area contributed by atoms with Gasteiger partial charge < -0.3 is 4.57 Å². The van der Waals surface area contributed by atoms with Crippen molar-refractivity contribution in [3.63, 3.8) is 0 Å². The standard InChI is InChI=1S/C24H21IN2/c1-18-19(2)27(23(25)26-18)24(20-12-6-3-7-13-20,21-14-8-4-9-15-21)22-16-10-5-11-17-22/h3-17H,1-2H3. The highest BCUT2D eigenvalue weighted by molar-refractivity contribution is 14.1. The lowest BCUT2D eigenvalue weighted by molar-refractivity contribution is 0.492. The van der Waals surface area contributed by atoms with Crippen molar-refractivity contribution in [1.82, 2.24) is 9.55 Å². The molecule has 0 radical (unpaired) electrons. The van der Waals surface area contributed by atoms with Gasteiger partial charge in [0.1, 0.15) is 5.54 Å². The SMILES string of the molecule is Cc1nc(I)n(C(c2ccccc2)(c2ccccc2)c2ccccc2)c1C. The second-order valence-corrected chi connectivity index (χ2v) is 7.66. The molecule has 4 rings (SSSR count). The van der Waals surface area contributed by atoms with Gasteiger partial charge in [-0.15, -0.1) is 0 Å². The Bertz CT molecular complexity index is 941. The van der Waals surface area contributed by atoms with E-state index in [0.29, 0.717) is 0 Å². The Morgan fingerprint density at radius 1 is 0.667 bits per heavy atom. The summed E-state index contributed by atoms with van der Waals surface area (Å²) in [6, 6.07) is 32.2. The van der Waals surface area contributed by atoms with E-state index >= 15 is 0 Å². The number of aryl methyl sites for hydroxylation is 1. The van der Waals surface area contributed by atoms with Crippen LogP contribution in [0.3, 0.4) is 0 Å². The van der Waals surface area contributed by atoms with E-state index in [1.165, 1.54) is 22.4 Å². The number of nitrogens with zero attached hydrogens (tertiary/aromatic N) is 2. The fourth-order valence-corrected chi connectivity index (χ4v) is 4.97. The molecule has 134 valence electrons. The molecule has 0 aliphatic heterocycles. The minimum absolute atomic E-state index is 0.481. The molecule has 2 nitrogen and oxygen atoms in total. The minimum Gasteiger partial charge on any atom is -0.305 e. The van der Waals surface area contributed by atoms with Crippen molar-refractivity contribution in [2.75, 3.05) is 0 Å². The van der Waals surface area contributed by atoms with Crippen molar-refractivity contribution in [3.8, 4) is 0 Å². The van der Waals surface area contributed by atoms with E-state index < -0.39 is 5.54 Å². The van der Waals surface area contributed by atoms with Crippen LogP contribution in [0, 0.1) is 17.7 Å². The van der Waals surface area contributed by atoms with Crippen LogP contribution in [0.25, 0.3) is 0 Å². The minimum atomic E-state index is -0.481. The summed E-state index contributed by atoms with van der Waals surface area (Å²) in [4.78, 5) is 4.80. The summed E-state index contributed by atoms with van der Waals surface area (Å²) in [5, 5.41) is 0. The maximum absolute atomic E-state index is 4.80. The Balaban J connectivity index is 2.20. The summed E-state index contributed by atoms with van der Waals surface area (Å²) >= 11 is 2.36. The van der Waals surface area contributed by atoms with Crippen LogP contribution in [0.5, 0.6) is 0 Å². The van der Waals surface area contributed by atoms with Crippen molar-refractivity contribution in [2.24, 2.45) is 0 Å². The van der Waals surface area contributed by atoms with Gasteiger partial charge in [-0.05, 0) is 53.1 Å². The molecule has 0 N–H and O–H groups in total. The van der Waals surface area contributed by atoms with Crippen LogP contribution >= 0.6 is 22.6 Å². The highest BCUT2D eigenvalue weighted by Crippen LogP contribution is 2.42. The molecule has 1 heterocycles. The number of aromatic nitrogens is 2. The van der Waals surface area contributed by atoms with Crippen molar-refractivity contribution in [1.29, 1.82) is 0 Å². The van der Waals surface area contributed by atoms with Gasteiger partial charge in [0.15, 0.2) is 3.83 Å². The van der Waals surface area contributed by atoms with Crippen LogP contribution in [0.4, 0.5) is 0 Å². The second-order valence-electron chi connectivity index (χ2n) is 6.70. The molecule has 27 heavy (non-hydrogen) atoms. The van der Waals surface area contributed by atoms with Gasteiger partial charge in [-0.25, -0.2) is 4.98 Å². The van der Waals surface area contributed by atoms with Gasteiger partial charge >= 0.3 is 0 Å². The summed E-state index contributed by atoms with van der Waals surface area (Å²) in [6.07, 6.45) is 0. The van der Waals surface area contributed by atoms with Crippen molar-refractivity contribution >= 4 is 22.6 Å². The molecular weight excluding hydrogens is 443 g/mol. The molecule has 3 heteroatoms. The number of benzene rings is 3. The van der Waals surface area contributed by atoms with Crippen LogP contribution in [0.1, 0.15) is 28.1 Å². The van der Waals surface area contributed by atoms with Crippen LogP contribution in [-0.4, -0.2) is 9.55 Å². The molecule has 0 spiro atoms. The molecular formula is C24H21IN2. The van der Waals surface area contributed by atoms with Gasteiger partial charge in [-0.3, -0.25) is 0 Å². The molecule has 3 aromatic carbocycles. The first-order valence-electron chi connectivity index (χ1n) is 9.04. The van der Waals surface area contributed by atoms with E-state index in [2.05, 4.69) is 132 Å². The topological polar surface area (TPSA) is 17.8 Å². The Morgan fingerprint density at radius 3 is 1.33 bits per heavy atom. The fraction of sp³-hybridized carbons (Fsp3) is 0.125. The maximum Gasteiger partial charge on any atom is 0.173 e. The average molecular weight is 464 g/mol. The highest BCUT2D eigenvalue weighted by Gasteiger charge is 2.40. The van der Waals surface area contributed by atoms with Crippen LogP contribution in [0.2, 0.25) is 0 Å². The van der Waals surface area contributed by atoms with E-state index in [1.54, 1.807) is 0 Å². The van der Waals surface area contributed by atoms with E-state index in [-0.39, 0.29) is 0 Å². The normalized spacial score (nSPS) is 11.5. The van der Waals surface area contributed by atoms with Crippen LogP contribution < -0.4 is 0 Å². The molecule has 0 unspecified atom stereocenters. The average Bonchev–Trinajstić information content (AvgIpc) is 2.98. The van der Waals surface area contributed by atoms with Gasteiger partial charge in [0.25, 0.3) is 0 Å². The number of rotatable bonds is 4. The molecule has 0 aliphatic rings. The Hall–Kier alpha value is -2.40. The third-order valence-corrected chi connectivity index (χ3v) is 5.94. The zero-order chi connectivity index (χ0) is 18.9. The van der Waals surface area contributed by atoms with Crippen molar-refractivity contribution < 1.29 is 0 Å². The molecule has 0 saturated carbocycles. The van der Waals surface area contributed by atoms with Crippen LogP contribution in [0.15, 0.2) is 91.0 Å². The van der Waals surface area contributed by atoms with Crippen molar-refractivity contribution in [2.45, 2.75) is 19.4 Å². The zero-order valence-corrected chi connectivity index (χ0v) is 17.6. The predicted molar refractivity (Wildman–Crippen MR) is 119 cm³/mol. The third kappa shape index (κ3) is 2.90. The molecule has 1 aromatic heterocycles. The number of hydrogen-bond acceptors (Lipinski definition) is 1. The summed E-state index contributed by atoms with van der Waals surface area (Å²) in [7, 11) is 0. The molecule has 0 atom stereocenters. The molecule has 4 aromatic rings. The van der Waals surface area contributed by atoms with E-state index in [4.69, 9.17) is 4.98 Å². The Labute approximate surface area is 174 Å². The largest absolute Gasteiger partial charge is 0.305 e. The van der Waals surface area contributed by atoms with E-state index in [9.17, 15) is 0 Å². The predicted octanol–water partition coefficient (Wildman–Crippen LogP) is 5.94. The van der Waals surface area contributed by atoms with Gasteiger partial charge in [0.05, 0.1) is 5.69 Å². The van der Waals surface area contributed by atoms with Gasteiger partial charge in [0, 0.05) is 5.69 Å². The lowest BCUT2D eigenvalue weighted by Crippen LogP contribution is -2.39. The van der Waals surface area contributed by atoms with E-state index in [0.717, 1.165) is 9.53 Å². The summed E-state index contributed by atoms with van der Waals surface area (Å²) in [5.41, 5.74) is 5.43. The first-order valence-corrected chi connectivity index (χ1v) is 10.1. The smallest absolute Gasteiger partial charge is 0.173 e. The first kappa shape index (κ1) is 18.0. The molecule has 0 saturated heterocycles. The summed E-state index contributed by atoms with van der Waals surface area (Å²) < 4.78 is 3.36. The summed E-state index contributed by atoms with van der Waals surface area (Å²) in [6.45, 7) is 4.24. The van der Waals surface area contributed by atoms with E-state index in [1.807, 2.05) is 0 Å². The fourth-order valence-electron chi connectivity index (χ4n) is 3.88. The number of imidazole rings is 1. The molecule has 0 fully saturated rings. The van der Waals surface area contributed by atoms with Gasteiger partial charge in [0.2, 0.25) is 0 Å². The zero-order valence-electron chi connectivity index (χ0n) is 15.4. The monoisotopic (exact) mass is 464 g/mol. The number of halogens is 1. The van der Waals surface area contributed by atoms with Gasteiger partial charge in [-0.2, -0.15) is 0 Å². The Kier molecular flexibility index (Phi) is 4.87. The summed E-state index contributed by atoms with van der Waals surface area (Å²) in [5.74, 6) is 0. The molecule has 0 bridgehead atoms. The number of hydrogen-bond donors (Lipinski definition) is 0. The molecule has 0 amide bonds. The van der Waals surface area contributed by atoms with Crippen LogP contribution in [-0.2, 0) is 5.54 Å². The quantitative estimate of drug-likeness (QED) is 0.270. The first-order chi connectivity index (χ1) is 13.2. The molecule has 0 aliphatic carbocycles. The van der Waals surface area contributed by atoms with Crippen molar-refractivity contribution in [3.05, 3.63) is 123 Å². The maximum atomic E-state index is 4.80.